The Morgan fingerprint density at radius 2 is 2.00 bits per heavy atom. The van der Waals surface area contributed by atoms with Crippen LogP contribution < -0.4 is 0 Å². The van der Waals surface area contributed by atoms with Crippen molar-refractivity contribution in [2.45, 2.75) is 19.3 Å². The van der Waals surface area contributed by atoms with Gasteiger partial charge in [0.1, 0.15) is 12.5 Å². The first kappa shape index (κ1) is 18.6. The van der Waals surface area contributed by atoms with Gasteiger partial charge in [0.25, 0.3) is 0 Å². The fraction of sp³-hybridized carbons (Fsp3) is 0.381. The Bertz CT molecular complexity index is 957. The highest BCUT2D eigenvalue weighted by molar-refractivity contribution is 5.86. The summed E-state index contributed by atoms with van der Waals surface area (Å²) in [5.41, 5.74) is 3.20. The molecule has 28 heavy (non-hydrogen) atoms. The molecule has 1 aliphatic heterocycles. The van der Waals surface area contributed by atoms with Crippen molar-refractivity contribution < 1.29 is 9.18 Å². The summed E-state index contributed by atoms with van der Waals surface area (Å²) in [5, 5.41) is 9.42. The molecule has 0 aliphatic carbocycles. The van der Waals surface area contributed by atoms with Crippen molar-refractivity contribution in [1.29, 1.82) is 0 Å². The summed E-state index contributed by atoms with van der Waals surface area (Å²) in [5.74, 6) is 0.220. The summed E-state index contributed by atoms with van der Waals surface area (Å²) in [6.07, 6.45) is 6.88. The average Bonchev–Trinajstić information content (AvgIpc) is 2.74. The quantitative estimate of drug-likeness (QED) is 0.656. The lowest BCUT2D eigenvalue weighted by atomic mass is 9.90. The molecule has 3 heterocycles. The number of carbonyl (C=O) groups excluding carboxylic acids is 1. The zero-order chi connectivity index (χ0) is 19.3. The molecule has 0 spiro atoms. The van der Waals surface area contributed by atoms with Crippen LogP contribution in [0.3, 0.4) is 0 Å². The van der Waals surface area contributed by atoms with Gasteiger partial charge in [-0.3, -0.25) is 14.8 Å². The van der Waals surface area contributed by atoms with Gasteiger partial charge in [0.05, 0.1) is 29.5 Å². The number of nitrogens with zero attached hydrogens (tertiary/aromatic N) is 5. The van der Waals surface area contributed by atoms with Crippen molar-refractivity contribution in [1.82, 2.24) is 25.1 Å². The van der Waals surface area contributed by atoms with Crippen LogP contribution in [0.4, 0.5) is 4.39 Å². The molecular formula is C21H22FN5O. The van der Waals surface area contributed by atoms with Crippen LogP contribution in [0.2, 0.25) is 0 Å². The Labute approximate surface area is 162 Å². The maximum Gasteiger partial charge on any atom is 0.142 e. The first-order valence-electron chi connectivity index (χ1n) is 9.57. The van der Waals surface area contributed by atoms with Gasteiger partial charge in [0.15, 0.2) is 0 Å². The summed E-state index contributed by atoms with van der Waals surface area (Å²) in [7, 11) is 0. The minimum Gasteiger partial charge on any atom is -0.301 e. The Morgan fingerprint density at radius 3 is 2.75 bits per heavy atom. The number of piperidine rings is 1. The Balaban J connectivity index is 1.47. The van der Waals surface area contributed by atoms with Gasteiger partial charge in [-0.15, -0.1) is 0 Å². The van der Waals surface area contributed by atoms with E-state index in [-0.39, 0.29) is 24.8 Å². The van der Waals surface area contributed by atoms with Crippen LogP contribution in [-0.4, -0.2) is 57.2 Å². The summed E-state index contributed by atoms with van der Waals surface area (Å²) in [6, 6.07) is 7.77. The predicted molar refractivity (Wildman–Crippen MR) is 104 cm³/mol. The molecule has 2 aromatic heterocycles. The lowest BCUT2D eigenvalue weighted by Gasteiger charge is -2.30. The highest BCUT2D eigenvalue weighted by atomic mass is 19.1. The van der Waals surface area contributed by atoms with Crippen LogP contribution in [0.25, 0.3) is 22.2 Å². The lowest BCUT2D eigenvalue weighted by Crippen LogP contribution is -2.37. The zero-order valence-corrected chi connectivity index (χ0v) is 15.6. The van der Waals surface area contributed by atoms with Crippen molar-refractivity contribution in [3.63, 3.8) is 0 Å². The largest absolute Gasteiger partial charge is 0.301 e. The van der Waals surface area contributed by atoms with E-state index in [0.717, 1.165) is 48.1 Å². The predicted octanol–water partition coefficient (Wildman–Crippen LogP) is 2.88. The normalized spacial score (nSPS) is 15.8. The second-order valence-electron chi connectivity index (χ2n) is 7.15. The van der Waals surface area contributed by atoms with Crippen LogP contribution in [0, 0.1) is 5.92 Å². The molecule has 144 valence electrons. The maximum atomic E-state index is 12.7. The number of hydrogen-bond acceptors (Lipinski definition) is 6. The number of carbonyl (C=O) groups is 1. The van der Waals surface area contributed by atoms with Crippen LogP contribution >= 0.6 is 0 Å². The molecule has 4 rings (SSSR count). The zero-order valence-electron chi connectivity index (χ0n) is 15.6. The fourth-order valence-electron chi connectivity index (χ4n) is 3.70. The topological polar surface area (TPSA) is 71.9 Å². The Hall–Kier alpha value is -2.80. The van der Waals surface area contributed by atoms with Crippen LogP contribution in [0.5, 0.6) is 0 Å². The van der Waals surface area contributed by atoms with Gasteiger partial charge in [0.2, 0.25) is 0 Å². The van der Waals surface area contributed by atoms with E-state index < -0.39 is 0 Å². The number of rotatable bonds is 6. The number of halogens is 1. The molecule has 3 aromatic rings. The highest BCUT2D eigenvalue weighted by Crippen LogP contribution is 2.23. The van der Waals surface area contributed by atoms with E-state index in [1.165, 1.54) is 0 Å². The standard InChI is InChI=1S/C21H22FN5O/c22-5-10-27-8-3-15(4-9-27)21(28)13-18-12-17-11-16(1-2-19(17)26-25-18)20-14-23-6-7-24-20/h1-2,6-7,11-12,14-15H,3-5,8-10,13H2. The summed E-state index contributed by atoms with van der Waals surface area (Å²) in [6.45, 7) is 1.70. The monoisotopic (exact) mass is 379 g/mol. The van der Waals surface area contributed by atoms with Crippen LogP contribution in [-0.2, 0) is 11.2 Å². The second kappa shape index (κ2) is 8.48. The third-order valence-electron chi connectivity index (χ3n) is 5.29. The van der Waals surface area contributed by atoms with Crippen molar-refractivity contribution in [3.8, 4) is 11.3 Å². The first-order chi connectivity index (χ1) is 13.7. The number of ketones is 1. The van der Waals surface area contributed by atoms with Crippen molar-refractivity contribution in [3.05, 3.63) is 48.5 Å². The number of Topliss-reactive ketones (excluding diaryl/α,β-unsaturated/α-hetero) is 1. The van der Waals surface area contributed by atoms with Crippen molar-refractivity contribution in [2.24, 2.45) is 5.92 Å². The van der Waals surface area contributed by atoms with E-state index in [4.69, 9.17) is 0 Å². The molecule has 0 N–H and O–H groups in total. The number of fused-ring (bicyclic) bond motifs is 1. The van der Waals surface area contributed by atoms with E-state index in [1.807, 2.05) is 24.3 Å². The molecule has 7 heteroatoms. The van der Waals surface area contributed by atoms with E-state index in [0.29, 0.717) is 12.2 Å². The summed E-state index contributed by atoms with van der Waals surface area (Å²) >= 11 is 0. The molecule has 6 nitrogen and oxygen atoms in total. The average molecular weight is 379 g/mol. The number of aromatic nitrogens is 4. The SMILES string of the molecule is O=C(Cc1cc2cc(-c3cnccn3)ccc2nn1)C1CCN(CCF)CC1. The van der Waals surface area contributed by atoms with Gasteiger partial charge in [-0.25, -0.2) is 4.39 Å². The fourth-order valence-corrected chi connectivity index (χ4v) is 3.70. The smallest absolute Gasteiger partial charge is 0.142 e. The number of likely N-dealkylation sites (tertiary alicyclic amines) is 1. The minimum absolute atomic E-state index is 0.0271. The van der Waals surface area contributed by atoms with Crippen LogP contribution in [0.15, 0.2) is 42.9 Å². The van der Waals surface area contributed by atoms with Crippen molar-refractivity contribution in [2.75, 3.05) is 26.3 Å². The molecule has 1 aromatic carbocycles. The molecule has 0 atom stereocenters. The van der Waals surface area contributed by atoms with Crippen LogP contribution in [0.1, 0.15) is 18.5 Å². The molecule has 0 saturated carbocycles. The molecule has 0 unspecified atom stereocenters. The van der Waals surface area contributed by atoms with Gasteiger partial charge in [0, 0.05) is 35.8 Å². The molecule has 1 saturated heterocycles. The van der Waals surface area contributed by atoms with E-state index in [1.54, 1.807) is 18.6 Å². The summed E-state index contributed by atoms with van der Waals surface area (Å²) in [4.78, 5) is 23.2. The third-order valence-corrected chi connectivity index (χ3v) is 5.29. The third kappa shape index (κ3) is 4.20. The molecular weight excluding hydrogens is 357 g/mol. The molecule has 1 aliphatic rings. The van der Waals surface area contributed by atoms with Gasteiger partial charge in [-0.2, -0.15) is 10.2 Å². The van der Waals surface area contributed by atoms with Gasteiger partial charge in [-0.05, 0) is 44.1 Å². The molecule has 0 radical (unpaired) electrons. The molecule has 0 amide bonds. The van der Waals surface area contributed by atoms with Gasteiger partial charge < -0.3 is 4.90 Å². The maximum absolute atomic E-state index is 12.7. The highest BCUT2D eigenvalue weighted by Gasteiger charge is 2.25. The van der Waals surface area contributed by atoms with E-state index in [2.05, 4.69) is 25.1 Å². The molecule has 0 bridgehead atoms. The van der Waals surface area contributed by atoms with Gasteiger partial charge >= 0.3 is 0 Å². The van der Waals surface area contributed by atoms with E-state index in [9.17, 15) is 9.18 Å². The Kier molecular flexibility index (Phi) is 5.62. The lowest BCUT2D eigenvalue weighted by molar-refractivity contribution is -0.123. The summed E-state index contributed by atoms with van der Waals surface area (Å²) < 4.78 is 12.5. The second-order valence-corrected chi connectivity index (χ2v) is 7.15. The molecule has 1 fully saturated rings. The van der Waals surface area contributed by atoms with E-state index >= 15 is 0 Å². The first-order valence-corrected chi connectivity index (χ1v) is 9.57. The Morgan fingerprint density at radius 1 is 1.14 bits per heavy atom. The minimum atomic E-state index is -0.332. The van der Waals surface area contributed by atoms with Gasteiger partial charge in [-0.1, -0.05) is 6.07 Å². The number of benzene rings is 1. The number of alkyl halides is 1. The van der Waals surface area contributed by atoms with Crippen molar-refractivity contribution >= 4 is 16.7 Å². The number of hydrogen-bond donors (Lipinski definition) is 0.